The first-order valence-electron chi connectivity index (χ1n) is 7.51. The monoisotopic (exact) mass is 313 g/mol. The summed E-state index contributed by atoms with van der Waals surface area (Å²) in [6, 6.07) is 14.4. The molecular weight excluding hydrogens is 294 g/mol. The second-order valence-corrected chi connectivity index (χ2v) is 5.38. The highest BCUT2D eigenvalue weighted by atomic mass is 16.6. The highest BCUT2D eigenvalue weighted by Crippen LogP contribution is 2.31. The smallest absolute Gasteiger partial charge is 0.255 e. The minimum absolute atomic E-state index is 0.197. The topological polar surface area (TPSA) is 56.8 Å². The summed E-state index contributed by atoms with van der Waals surface area (Å²) in [4.78, 5) is 12.4. The van der Waals surface area contributed by atoms with Crippen molar-refractivity contribution in [1.29, 1.82) is 0 Å². The van der Waals surface area contributed by atoms with E-state index in [1.165, 1.54) is 0 Å². The second kappa shape index (κ2) is 6.60. The summed E-state index contributed by atoms with van der Waals surface area (Å²) in [6.07, 6.45) is -0.247. The van der Waals surface area contributed by atoms with E-state index in [4.69, 9.17) is 14.2 Å². The molecule has 0 bridgehead atoms. The van der Waals surface area contributed by atoms with Gasteiger partial charge in [-0.25, -0.2) is 0 Å². The van der Waals surface area contributed by atoms with Crippen LogP contribution in [-0.2, 0) is 0 Å². The van der Waals surface area contributed by atoms with Crippen LogP contribution in [0.2, 0.25) is 0 Å². The lowest BCUT2D eigenvalue weighted by Crippen LogP contribution is -2.48. The van der Waals surface area contributed by atoms with Gasteiger partial charge in [-0.3, -0.25) is 4.79 Å². The van der Waals surface area contributed by atoms with Gasteiger partial charge < -0.3 is 19.5 Å². The Kier molecular flexibility index (Phi) is 4.37. The Labute approximate surface area is 135 Å². The average Bonchev–Trinajstić information content (AvgIpc) is 2.61. The van der Waals surface area contributed by atoms with Crippen LogP contribution < -0.4 is 19.5 Å². The van der Waals surface area contributed by atoms with Gasteiger partial charge in [-0.2, -0.15) is 0 Å². The number of para-hydroxylation sites is 3. The van der Waals surface area contributed by atoms with Crippen LogP contribution in [0.15, 0.2) is 48.5 Å². The maximum Gasteiger partial charge on any atom is 0.255 e. The Morgan fingerprint density at radius 3 is 2.65 bits per heavy atom. The lowest BCUT2D eigenvalue weighted by Gasteiger charge is -2.30. The van der Waals surface area contributed by atoms with E-state index in [0.717, 1.165) is 5.75 Å². The first-order valence-corrected chi connectivity index (χ1v) is 7.51. The molecule has 2 aromatic rings. The van der Waals surface area contributed by atoms with Crippen molar-refractivity contribution in [3.05, 3.63) is 54.1 Å². The maximum absolute atomic E-state index is 12.4. The molecule has 0 fully saturated rings. The fraction of sp³-hybridized carbons (Fsp3) is 0.278. The number of hydrogen-bond acceptors (Lipinski definition) is 4. The molecule has 0 aliphatic carbocycles. The van der Waals surface area contributed by atoms with Crippen molar-refractivity contribution in [2.45, 2.75) is 19.1 Å². The average molecular weight is 313 g/mol. The number of fused-ring (bicyclic) bond motifs is 1. The Morgan fingerprint density at radius 2 is 1.87 bits per heavy atom. The molecule has 5 nitrogen and oxygen atoms in total. The summed E-state index contributed by atoms with van der Waals surface area (Å²) in [5.74, 6) is 1.77. The van der Waals surface area contributed by atoms with E-state index < -0.39 is 0 Å². The maximum atomic E-state index is 12.4. The van der Waals surface area contributed by atoms with Crippen LogP contribution >= 0.6 is 0 Å². The SMILES string of the molecule is COc1ccccc1C(=O)NC(C)C1COc2ccccc2O1. The molecule has 0 aromatic heterocycles. The molecule has 0 saturated heterocycles. The molecule has 1 aliphatic rings. The molecule has 23 heavy (non-hydrogen) atoms. The van der Waals surface area contributed by atoms with Crippen molar-refractivity contribution in [2.75, 3.05) is 13.7 Å². The summed E-state index contributed by atoms with van der Waals surface area (Å²) >= 11 is 0. The third-order valence-corrected chi connectivity index (χ3v) is 3.80. The number of ether oxygens (including phenoxy) is 3. The predicted molar refractivity (Wildman–Crippen MR) is 86.3 cm³/mol. The van der Waals surface area contributed by atoms with Crippen LogP contribution in [0.4, 0.5) is 0 Å². The quantitative estimate of drug-likeness (QED) is 0.943. The van der Waals surface area contributed by atoms with E-state index >= 15 is 0 Å². The largest absolute Gasteiger partial charge is 0.496 e. The van der Waals surface area contributed by atoms with E-state index in [0.29, 0.717) is 23.7 Å². The highest BCUT2D eigenvalue weighted by Gasteiger charge is 2.27. The van der Waals surface area contributed by atoms with Gasteiger partial charge in [0.1, 0.15) is 12.4 Å². The molecule has 2 aromatic carbocycles. The molecular formula is C18H19NO4. The van der Waals surface area contributed by atoms with Crippen molar-refractivity contribution in [1.82, 2.24) is 5.32 Å². The Hall–Kier alpha value is -2.69. The first kappa shape index (κ1) is 15.2. The molecule has 1 aliphatic heterocycles. The van der Waals surface area contributed by atoms with Gasteiger partial charge in [0.15, 0.2) is 17.6 Å². The number of carbonyl (C=O) groups is 1. The van der Waals surface area contributed by atoms with Crippen LogP contribution in [0.1, 0.15) is 17.3 Å². The summed E-state index contributed by atoms with van der Waals surface area (Å²) in [6.45, 7) is 2.29. The lowest BCUT2D eigenvalue weighted by atomic mass is 10.1. The number of rotatable bonds is 4. The van der Waals surface area contributed by atoms with Crippen molar-refractivity contribution in [3.8, 4) is 17.2 Å². The molecule has 1 amide bonds. The molecule has 1 N–H and O–H groups in total. The second-order valence-electron chi connectivity index (χ2n) is 5.38. The Morgan fingerprint density at radius 1 is 1.17 bits per heavy atom. The molecule has 3 rings (SSSR count). The van der Waals surface area contributed by atoms with E-state index in [1.807, 2.05) is 37.3 Å². The van der Waals surface area contributed by atoms with Crippen LogP contribution in [0, 0.1) is 0 Å². The fourth-order valence-corrected chi connectivity index (χ4v) is 2.49. The van der Waals surface area contributed by atoms with Gasteiger partial charge in [0.05, 0.1) is 18.7 Å². The third kappa shape index (κ3) is 3.23. The van der Waals surface area contributed by atoms with Gasteiger partial charge in [-0.1, -0.05) is 24.3 Å². The van der Waals surface area contributed by atoms with Crippen LogP contribution in [0.3, 0.4) is 0 Å². The zero-order valence-corrected chi connectivity index (χ0v) is 13.1. The van der Waals surface area contributed by atoms with E-state index in [2.05, 4.69) is 5.32 Å². The summed E-state index contributed by atoms with van der Waals surface area (Å²) < 4.78 is 16.8. The van der Waals surface area contributed by atoms with Crippen molar-refractivity contribution >= 4 is 5.91 Å². The van der Waals surface area contributed by atoms with Gasteiger partial charge in [0.25, 0.3) is 5.91 Å². The number of amides is 1. The van der Waals surface area contributed by atoms with Crippen molar-refractivity contribution < 1.29 is 19.0 Å². The lowest BCUT2D eigenvalue weighted by molar-refractivity contribution is 0.0605. The van der Waals surface area contributed by atoms with Gasteiger partial charge in [-0.15, -0.1) is 0 Å². The van der Waals surface area contributed by atoms with Crippen LogP contribution in [0.25, 0.3) is 0 Å². The third-order valence-electron chi connectivity index (χ3n) is 3.80. The van der Waals surface area contributed by atoms with Crippen molar-refractivity contribution in [2.24, 2.45) is 0 Å². The van der Waals surface area contributed by atoms with Crippen LogP contribution in [0.5, 0.6) is 17.2 Å². The molecule has 0 spiro atoms. The molecule has 0 radical (unpaired) electrons. The van der Waals surface area contributed by atoms with Gasteiger partial charge in [0, 0.05) is 0 Å². The van der Waals surface area contributed by atoms with Crippen molar-refractivity contribution in [3.63, 3.8) is 0 Å². The molecule has 5 heteroatoms. The van der Waals surface area contributed by atoms with Gasteiger partial charge in [-0.05, 0) is 31.2 Å². The summed E-state index contributed by atoms with van der Waals surface area (Å²) in [5.41, 5.74) is 0.499. The zero-order chi connectivity index (χ0) is 16.2. The van der Waals surface area contributed by atoms with E-state index in [1.54, 1.807) is 25.3 Å². The van der Waals surface area contributed by atoms with Crippen LogP contribution in [-0.4, -0.2) is 31.8 Å². The minimum Gasteiger partial charge on any atom is -0.496 e. The fourth-order valence-electron chi connectivity index (χ4n) is 2.49. The Bertz CT molecular complexity index is 701. The number of methoxy groups -OCH3 is 1. The molecule has 1 heterocycles. The zero-order valence-electron chi connectivity index (χ0n) is 13.1. The molecule has 2 atom stereocenters. The minimum atomic E-state index is -0.247. The normalized spacial score (nSPS) is 17.2. The molecule has 2 unspecified atom stereocenters. The number of carbonyl (C=O) groups excluding carboxylic acids is 1. The summed E-state index contributed by atoms with van der Waals surface area (Å²) in [5, 5.41) is 2.95. The number of hydrogen-bond donors (Lipinski definition) is 1. The van der Waals surface area contributed by atoms with Gasteiger partial charge in [0.2, 0.25) is 0 Å². The number of benzene rings is 2. The Balaban J connectivity index is 1.68. The van der Waals surface area contributed by atoms with Gasteiger partial charge >= 0.3 is 0 Å². The molecule has 0 saturated carbocycles. The summed E-state index contributed by atoms with van der Waals surface area (Å²) in [7, 11) is 1.55. The van der Waals surface area contributed by atoms with E-state index in [-0.39, 0.29) is 18.1 Å². The standard InChI is InChI=1S/C18H19NO4/c1-12(17-11-22-15-9-5-6-10-16(15)23-17)19-18(20)13-7-3-4-8-14(13)21-2/h3-10,12,17H,11H2,1-2H3,(H,19,20). The predicted octanol–water partition coefficient (Wildman–Crippen LogP) is 2.65. The highest BCUT2D eigenvalue weighted by molar-refractivity contribution is 5.97. The molecule has 120 valence electrons. The number of nitrogens with one attached hydrogen (secondary N) is 1. The first-order chi connectivity index (χ1) is 11.2. The van der Waals surface area contributed by atoms with E-state index in [9.17, 15) is 4.79 Å².